The summed E-state index contributed by atoms with van der Waals surface area (Å²) in [6.07, 6.45) is 5.01. The molecule has 0 aliphatic heterocycles. The van der Waals surface area contributed by atoms with E-state index >= 15 is 0 Å². The van der Waals surface area contributed by atoms with Gasteiger partial charge in [0.05, 0.1) is 6.61 Å². The third-order valence-corrected chi connectivity index (χ3v) is 2.31. The van der Waals surface area contributed by atoms with Crippen LogP contribution in [-0.4, -0.2) is 17.6 Å². The number of carbonyl (C=O) groups is 1. The molecule has 4 heteroatoms. The van der Waals surface area contributed by atoms with Crippen LogP contribution < -0.4 is 5.73 Å². The number of allylic oxidation sites excluding steroid dienone is 3. The van der Waals surface area contributed by atoms with E-state index in [1.165, 1.54) is 0 Å². The van der Waals surface area contributed by atoms with Crippen LogP contribution in [0.1, 0.15) is 15.9 Å². The second kappa shape index (κ2) is 7.38. The van der Waals surface area contributed by atoms with E-state index in [1.54, 1.807) is 42.5 Å². The van der Waals surface area contributed by atoms with Gasteiger partial charge in [0.1, 0.15) is 0 Å². The summed E-state index contributed by atoms with van der Waals surface area (Å²) in [5.41, 5.74) is 6.38. The summed E-state index contributed by atoms with van der Waals surface area (Å²) in [5, 5.41) is 8.69. The number of aliphatic hydroxyl groups excluding tert-OH is 1. The van der Waals surface area contributed by atoms with Crippen molar-refractivity contribution in [1.82, 2.24) is 0 Å². The third kappa shape index (κ3) is 4.91. The minimum atomic E-state index is -0.454. The molecule has 3 nitrogen and oxygen atoms in total. The van der Waals surface area contributed by atoms with E-state index in [0.717, 1.165) is 5.56 Å². The van der Waals surface area contributed by atoms with E-state index in [0.29, 0.717) is 10.5 Å². The van der Waals surface area contributed by atoms with Crippen molar-refractivity contribution in [3.63, 3.8) is 0 Å². The maximum absolute atomic E-state index is 10.8. The molecule has 1 aromatic rings. The van der Waals surface area contributed by atoms with Crippen LogP contribution in [0.15, 0.2) is 47.4 Å². The average Bonchev–Trinajstić information content (AvgIpc) is 2.38. The van der Waals surface area contributed by atoms with Crippen molar-refractivity contribution in [2.24, 2.45) is 5.73 Å². The number of nitrogens with two attached hydrogens (primary N) is 1. The summed E-state index contributed by atoms with van der Waals surface area (Å²) in [6, 6.07) is 6.73. The summed E-state index contributed by atoms with van der Waals surface area (Å²) >= 11 is 4.00. The molecule has 0 heterocycles. The zero-order valence-electron chi connectivity index (χ0n) is 9.63. The molecule has 0 saturated heterocycles. The first-order valence-corrected chi connectivity index (χ1v) is 5.65. The van der Waals surface area contributed by atoms with Crippen molar-refractivity contribution in [1.29, 1.82) is 0 Å². The van der Waals surface area contributed by atoms with E-state index in [-0.39, 0.29) is 6.61 Å². The summed E-state index contributed by atoms with van der Waals surface area (Å²) in [5.74, 6) is 5.27. The number of hydrogen-bond acceptors (Lipinski definition) is 3. The molecule has 0 radical (unpaired) electrons. The Morgan fingerprint density at radius 3 is 2.61 bits per heavy atom. The van der Waals surface area contributed by atoms with Crippen LogP contribution in [0.3, 0.4) is 0 Å². The van der Waals surface area contributed by atoms with Crippen molar-refractivity contribution < 1.29 is 9.90 Å². The monoisotopic (exact) mass is 259 g/mol. The number of amides is 1. The molecule has 0 saturated carbocycles. The minimum absolute atomic E-state index is 0.0878. The molecule has 0 aliphatic rings. The smallest absolute Gasteiger partial charge is 0.248 e. The van der Waals surface area contributed by atoms with Gasteiger partial charge in [0.25, 0.3) is 0 Å². The fraction of sp³-hybridized carbons (Fsp3) is 0.0714. The molecule has 0 fully saturated rings. The highest BCUT2D eigenvalue weighted by molar-refractivity contribution is 7.84. The molecule has 0 bridgehead atoms. The molecule has 0 aromatic heterocycles. The topological polar surface area (TPSA) is 63.3 Å². The maximum Gasteiger partial charge on any atom is 0.248 e. The first-order valence-electron chi connectivity index (χ1n) is 5.20. The molecular weight excluding hydrogens is 246 g/mol. The van der Waals surface area contributed by atoms with Crippen LogP contribution in [0, 0.1) is 11.8 Å². The van der Waals surface area contributed by atoms with E-state index in [4.69, 9.17) is 10.8 Å². The lowest BCUT2D eigenvalue weighted by molar-refractivity contribution is 0.100. The van der Waals surface area contributed by atoms with E-state index in [9.17, 15) is 4.79 Å². The fourth-order valence-electron chi connectivity index (χ4n) is 1.10. The number of aliphatic hydroxyl groups is 1. The number of thiol groups is 1. The first-order chi connectivity index (χ1) is 8.63. The number of rotatable bonds is 3. The van der Waals surface area contributed by atoms with E-state index in [1.807, 2.05) is 0 Å². The second-order valence-corrected chi connectivity index (χ2v) is 3.96. The lowest BCUT2D eigenvalue weighted by Gasteiger charge is -1.93. The van der Waals surface area contributed by atoms with Crippen LogP contribution in [0.5, 0.6) is 0 Å². The summed E-state index contributed by atoms with van der Waals surface area (Å²) in [4.78, 5) is 11.4. The van der Waals surface area contributed by atoms with Crippen molar-refractivity contribution in [2.45, 2.75) is 0 Å². The number of carbonyl (C=O) groups excluding carboxylic acids is 1. The fourth-order valence-corrected chi connectivity index (χ4v) is 1.19. The molecule has 0 unspecified atom stereocenters. The molecule has 0 spiro atoms. The van der Waals surface area contributed by atoms with Gasteiger partial charge in [-0.25, -0.2) is 0 Å². The van der Waals surface area contributed by atoms with Crippen molar-refractivity contribution in [3.05, 3.63) is 58.5 Å². The molecule has 1 rings (SSSR count). The predicted octanol–water partition coefficient (Wildman–Crippen LogP) is 1.50. The molecule has 92 valence electrons. The summed E-state index contributed by atoms with van der Waals surface area (Å²) < 4.78 is 0. The van der Waals surface area contributed by atoms with Crippen molar-refractivity contribution in [3.8, 4) is 11.8 Å². The second-order valence-electron chi connectivity index (χ2n) is 3.39. The van der Waals surface area contributed by atoms with Crippen LogP contribution in [0.2, 0.25) is 0 Å². The molecule has 0 atom stereocenters. The number of primary amides is 1. The molecule has 1 amide bonds. The van der Waals surface area contributed by atoms with Crippen LogP contribution >= 0.6 is 12.6 Å². The van der Waals surface area contributed by atoms with Crippen LogP contribution in [-0.2, 0) is 0 Å². The molecular formula is C14H13NO2S. The Balaban J connectivity index is 2.66. The summed E-state index contributed by atoms with van der Waals surface area (Å²) in [7, 11) is 0. The van der Waals surface area contributed by atoms with Gasteiger partial charge in [-0.2, -0.15) is 0 Å². The average molecular weight is 259 g/mol. The highest BCUT2D eigenvalue weighted by Gasteiger charge is 1.97. The quantitative estimate of drug-likeness (QED) is 0.437. The van der Waals surface area contributed by atoms with Gasteiger partial charge in [0.15, 0.2) is 0 Å². The largest absolute Gasteiger partial charge is 0.391 e. The maximum atomic E-state index is 10.8. The van der Waals surface area contributed by atoms with Crippen LogP contribution in [0.4, 0.5) is 0 Å². The van der Waals surface area contributed by atoms with Gasteiger partial charge in [-0.3, -0.25) is 4.79 Å². The Kier molecular flexibility index (Phi) is 5.78. The Morgan fingerprint density at radius 2 is 2.06 bits per heavy atom. The standard InChI is InChI=1S/C14H13NO2S/c15-14(17)12-8-6-11(7-9-12)4-2-1-3-5-13(18)10-16/h1,3,5-9,16,18H,10H2,(H2,15,17)/b3-1+,13-5-. The van der Waals surface area contributed by atoms with Gasteiger partial charge in [0, 0.05) is 16.0 Å². The normalized spacial score (nSPS) is 11.1. The Morgan fingerprint density at radius 1 is 1.39 bits per heavy atom. The molecule has 1 aromatic carbocycles. The highest BCUT2D eigenvalue weighted by atomic mass is 32.1. The number of benzene rings is 1. The zero-order valence-corrected chi connectivity index (χ0v) is 10.5. The lowest BCUT2D eigenvalue weighted by Crippen LogP contribution is -2.10. The molecule has 18 heavy (non-hydrogen) atoms. The van der Waals surface area contributed by atoms with Gasteiger partial charge < -0.3 is 10.8 Å². The van der Waals surface area contributed by atoms with Crippen molar-refractivity contribution >= 4 is 18.5 Å². The predicted molar refractivity (Wildman–Crippen MR) is 75.1 cm³/mol. The lowest BCUT2D eigenvalue weighted by atomic mass is 10.1. The number of hydrogen-bond donors (Lipinski definition) is 3. The van der Waals surface area contributed by atoms with E-state index in [2.05, 4.69) is 24.5 Å². The Bertz CT molecular complexity index is 533. The van der Waals surface area contributed by atoms with Crippen LogP contribution in [0.25, 0.3) is 0 Å². The van der Waals surface area contributed by atoms with E-state index < -0.39 is 5.91 Å². The minimum Gasteiger partial charge on any atom is -0.391 e. The summed E-state index contributed by atoms with van der Waals surface area (Å²) in [6.45, 7) is -0.0878. The van der Waals surface area contributed by atoms with Gasteiger partial charge in [-0.15, -0.1) is 12.6 Å². The van der Waals surface area contributed by atoms with Crippen molar-refractivity contribution in [2.75, 3.05) is 6.61 Å². The molecule has 0 aliphatic carbocycles. The van der Waals surface area contributed by atoms with Gasteiger partial charge in [0.2, 0.25) is 5.91 Å². The van der Waals surface area contributed by atoms with Gasteiger partial charge in [-0.05, 0) is 36.4 Å². The third-order valence-electron chi connectivity index (χ3n) is 2.02. The Labute approximate surface area is 111 Å². The first kappa shape index (κ1) is 14.1. The SMILES string of the molecule is NC(=O)c1ccc(C#C/C=C/C=C(\S)CO)cc1. The zero-order chi connectivity index (χ0) is 13.4. The Hall–Kier alpha value is -1.96. The molecule has 3 N–H and O–H groups in total. The highest BCUT2D eigenvalue weighted by Crippen LogP contribution is 2.02. The van der Waals surface area contributed by atoms with Gasteiger partial charge in [-0.1, -0.05) is 17.9 Å². The van der Waals surface area contributed by atoms with Gasteiger partial charge >= 0.3 is 0 Å².